The van der Waals surface area contributed by atoms with Crippen LogP contribution in [0.25, 0.3) is 67.5 Å². The monoisotopic (exact) mass is 623 g/mol. The van der Waals surface area contributed by atoms with E-state index in [2.05, 4.69) is 140 Å². The summed E-state index contributed by atoms with van der Waals surface area (Å²) in [4.78, 5) is 15.2. The van der Waals surface area contributed by atoms with Crippen molar-refractivity contribution in [2.45, 2.75) is 5.41 Å². The molecule has 49 heavy (non-hydrogen) atoms. The zero-order chi connectivity index (χ0) is 32.4. The average Bonchev–Trinajstić information content (AvgIpc) is 3.43. The van der Waals surface area contributed by atoms with Crippen LogP contribution in [0.4, 0.5) is 0 Å². The van der Waals surface area contributed by atoms with Crippen molar-refractivity contribution in [1.29, 1.82) is 0 Å². The van der Waals surface area contributed by atoms with Gasteiger partial charge >= 0.3 is 0 Å². The van der Waals surface area contributed by atoms with Gasteiger partial charge in [-0.2, -0.15) is 0 Å². The largest absolute Gasteiger partial charge is 0.208 e. The van der Waals surface area contributed by atoms with Crippen LogP contribution in [0.5, 0.6) is 0 Å². The first-order chi connectivity index (χ1) is 24.3. The molecule has 0 saturated heterocycles. The van der Waals surface area contributed by atoms with E-state index in [4.69, 9.17) is 15.0 Å². The van der Waals surface area contributed by atoms with E-state index in [1.807, 2.05) is 36.4 Å². The lowest BCUT2D eigenvalue weighted by Gasteiger charge is -2.35. The van der Waals surface area contributed by atoms with Crippen LogP contribution in [0, 0.1) is 0 Å². The SMILES string of the molecule is c1ccc(-c2nc(-c3ccccc3)nc(-c3ccc4c(c3)-c3ccccc3-c3ccccc3C43c4ccccc4-c4ccccc43)n2)cc1. The van der Waals surface area contributed by atoms with Gasteiger partial charge in [-0.1, -0.05) is 170 Å². The molecule has 1 heterocycles. The smallest absolute Gasteiger partial charge is 0.164 e. The molecule has 10 rings (SSSR count). The average molecular weight is 624 g/mol. The lowest BCUT2D eigenvalue weighted by atomic mass is 9.66. The van der Waals surface area contributed by atoms with Crippen LogP contribution in [0.3, 0.4) is 0 Å². The Morgan fingerprint density at radius 2 is 0.612 bits per heavy atom. The normalized spacial score (nSPS) is 13.1. The van der Waals surface area contributed by atoms with Crippen molar-refractivity contribution < 1.29 is 0 Å². The van der Waals surface area contributed by atoms with Crippen molar-refractivity contribution >= 4 is 0 Å². The summed E-state index contributed by atoms with van der Waals surface area (Å²) in [5, 5.41) is 0. The minimum absolute atomic E-state index is 0.514. The minimum atomic E-state index is -0.514. The molecule has 0 amide bonds. The fourth-order valence-corrected chi connectivity index (χ4v) is 8.13. The highest BCUT2D eigenvalue weighted by molar-refractivity contribution is 5.97. The van der Waals surface area contributed by atoms with Gasteiger partial charge in [0, 0.05) is 16.7 Å². The second kappa shape index (κ2) is 10.8. The Kier molecular flexibility index (Phi) is 6.09. The molecule has 2 aliphatic rings. The number of benzene rings is 7. The Balaban J connectivity index is 1.29. The summed E-state index contributed by atoms with van der Waals surface area (Å²) in [6, 6.07) is 62.9. The van der Waals surface area contributed by atoms with Gasteiger partial charge in [0.15, 0.2) is 17.5 Å². The molecule has 2 aliphatic carbocycles. The van der Waals surface area contributed by atoms with Gasteiger partial charge < -0.3 is 0 Å². The summed E-state index contributed by atoms with van der Waals surface area (Å²) in [7, 11) is 0. The molecule has 7 aromatic carbocycles. The van der Waals surface area contributed by atoms with Crippen molar-refractivity contribution in [2.24, 2.45) is 0 Å². The summed E-state index contributed by atoms with van der Waals surface area (Å²) >= 11 is 0. The zero-order valence-corrected chi connectivity index (χ0v) is 26.6. The van der Waals surface area contributed by atoms with E-state index in [1.54, 1.807) is 0 Å². The Hall–Kier alpha value is -6.45. The fourth-order valence-electron chi connectivity index (χ4n) is 8.13. The van der Waals surface area contributed by atoms with E-state index in [0.717, 1.165) is 16.7 Å². The van der Waals surface area contributed by atoms with E-state index >= 15 is 0 Å². The third kappa shape index (κ3) is 4.06. The van der Waals surface area contributed by atoms with Gasteiger partial charge in [-0.3, -0.25) is 0 Å². The van der Waals surface area contributed by atoms with Crippen LogP contribution in [0.15, 0.2) is 176 Å². The predicted octanol–water partition coefficient (Wildman–Crippen LogP) is 10.9. The van der Waals surface area contributed by atoms with Crippen LogP contribution in [0.2, 0.25) is 0 Å². The first kappa shape index (κ1) is 27.6. The number of nitrogens with zero attached hydrogens (tertiary/aromatic N) is 3. The number of aromatic nitrogens is 3. The fraction of sp³-hybridized carbons (Fsp3) is 0.0217. The maximum atomic E-state index is 5.11. The predicted molar refractivity (Wildman–Crippen MR) is 198 cm³/mol. The highest BCUT2D eigenvalue weighted by atomic mass is 15.0. The van der Waals surface area contributed by atoms with Crippen LogP contribution < -0.4 is 0 Å². The zero-order valence-electron chi connectivity index (χ0n) is 26.6. The summed E-state index contributed by atoms with van der Waals surface area (Å²) in [5.74, 6) is 1.96. The Morgan fingerprint density at radius 1 is 0.265 bits per heavy atom. The van der Waals surface area contributed by atoms with Gasteiger partial charge in [0.1, 0.15) is 0 Å². The quantitative estimate of drug-likeness (QED) is 0.197. The molecular formula is C46H29N3. The third-order valence-electron chi connectivity index (χ3n) is 10.2. The summed E-state index contributed by atoms with van der Waals surface area (Å²) < 4.78 is 0. The first-order valence-electron chi connectivity index (χ1n) is 16.7. The molecule has 0 atom stereocenters. The lowest BCUT2D eigenvalue weighted by molar-refractivity contribution is 0.775. The molecule has 0 bridgehead atoms. The van der Waals surface area contributed by atoms with Crippen LogP contribution in [0.1, 0.15) is 22.3 Å². The lowest BCUT2D eigenvalue weighted by Crippen LogP contribution is -2.29. The molecule has 3 nitrogen and oxygen atoms in total. The van der Waals surface area contributed by atoms with Crippen LogP contribution in [-0.2, 0) is 5.41 Å². The summed E-state index contributed by atoms with van der Waals surface area (Å²) in [5.41, 5.74) is 14.9. The number of hydrogen-bond donors (Lipinski definition) is 0. The molecular weight excluding hydrogens is 595 g/mol. The summed E-state index contributed by atoms with van der Waals surface area (Å²) in [6.07, 6.45) is 0. The minimum Gasteiger partial charge on any atom is -0.208 e. The molecule has 8 aromatic rings. The van der Waals surface area contributed by atoms with Gasteiger partial charge in [-0.25, -0.2) is 15.0 Å². The highest BCUT2D eigenvalue weighted by Crippen LogP contribution is 2.61. The molecule has 3 heteroatoms. The van der Waals surface area contributed by atoms with Crippen molar-refractivity contribution in [2.75, 3.05) is 0 Å². The summed E-state index contributed by atoms with van der Waals surface area (Å²) in [6.45, 7) is 0. The van der Waals surface area contributed by atoms with Gasteiger partial charge in [-0.05, 0) is 61.7 Å². The Labute approximate surface area is 285 Å². The van der Waals surface area contributed by atoms with Crippen LogP contribution >= 0.6 is 0 Å². The molecule has 0 radical (unpaired) electrons. The number of hydrogen-bond acceptors (Lipinski definition) is 3. The Morgan fingerprint density at radius 3 is 1.10 bits per heavy atom. The van der Waals surface area contributed by atoms with E-state index in [9.17, 15) is 0 Å². The highest BCUT2D eigenvalue weighted by Gasteiger charge is 2.49. The molecule has 0 saturated carbocycles. The second-order valence-electron chi connectivity index (χ2n) is 12.7. The maximum Gasteiger partial charge on any atom is 0.164 e. The van der Waals surface area contributed by atoms with Crippen molar-refractivity contribution in [3.8, 4) is 67.5 Å². The number of rotatable bonds is 3. The molecule has 1 aromatic heterocycles. The van der Waals surface area contributed by atoms with Crippen molar-refractivity contribution in [3.05, 3.63) is 198 Å². The van der Waals surface area contributed by atoms with Gasteiger partial charge in [0.05, 0.1) is 5.41 Å². The van der Waals surface area contributed by atoms with E-state index < -0.39 is 5.41 Å². The Bertz CT molecular complexity index is 2450. The van der Waals surface area contributed by atoms with Crippen molar-refractivity contribution in [1.82, 2.24) is 15.0 Å². The van der Waals surface area contributed by atoms with Gasteiger partial charge in [0.2, 0.25) is 0 Å². The molecule has 0 unspecified atom stereocenters. The third-order valence-corrected chi connectivity index (χ3v) is 10.2. The topological polar surface area (TPSA) is 38.7 Å². The number of fused-ring (bicyclic) bond motifs is 12. The molecule has 1 spiro atoms. The van der Waals surface area contributed by atoms with Gasteiger partial charge in [0.25, 0.3) is 0 Å². The van der Waals surface area contributed by atoms with Gasteiger partial charge in [-0.15, -0.1) is 0 Å². The van der Waals surface area contributed by atoms with E-state index in [0.29, 0.717) is 17.5 Å². The van der Waals surface area contributed by atoms with Crippen LogP contribution in [-0.4, -0.2) is 15.0 Å². The van der Waals surface area contributed by atoms with E-state index in [-0.39, 0.29) is 0 Å². The molecule has 228 valence electrons. The maximum absolute atomic E-state index is 5.11. The molecule has 0 N–H and O–H groups in total. The molecule has 0 aliphatic heterocycles. The second-order valence-corrected chi connectivity index (χ2v) is 12.7. The first-order valence-corrected chi connectivity index (χ1v) is 16.7. The molecule has 0 fully saturated rings. The standard InChI is InChI=1S/C46H29N3/c1-3-15-30(16-4-1)43-47-44(31-17-5-2-6-18-31)49-45(48-43)32-27-28-42-38(29-32)34-20-8-7-19-33(34)35-21-9-12-24-39(35)46(42)40-25-13-10-22-36(40)37-23-11-14-26-41(37)46/h1-29H. The van der Waals surface area contributed by atoms with E-state index in [1.165, 1.54) is 55.6 Å². The van der Waals surface area contributed by atoms with Crippen molar-refractivity contribution in [3.63, 3.8) is 0 Å².